The van der Waals surface area contributed by atoms with E-state index in [1.54, 1.807) is 0 Å². The van der Waals surface area contributed by atoms with Gasteiger partial charge in [0.25, 0.3) is 0 Å². The smallest absolute Gasteiger partial charge is 0.225 e. The van der Waals surface area contributed by atoms with Crippen molar-refractivity contribution in [3.8, 4) is 11.8 Å². The third-order valence-corrected chi connectivity index (χ3v) is 7.31. The van der Waals surface area contributed by atoms with Crippen LogP contribution >= 0.6 is 0 Å². The molecule has 1 N–H and O–H groups in total. The average Bonchev–Trinajstić information content (AvgIpc) is 3.28. The third-order valence-electron chi connectivity index (χ3n) is 7.31. The molecule has 3 aliphatic rings. The third kappa shape index (κ3) is 4.98. The van der Waals surface area contributed by atoms with Crippen molar-refractivity contribution in [2.24, 2.45) is 5.92 Å². The number of hydrogen-bond donors (Lipinski definition) is 1. The zero-order valence-corrected chi connectivity index (χ0v) is 19.1. The summed E-state index contributed by atoms with van der Waals surface area (Å²) in [7, 11) is 4.04. The Morgan fingerprint density at radius 1 is 1.10 bits per heavy atom. The summed E-state index contributed by atoms with van der Waals surface area (Å²) in [5.41, 5.74) is 2.28. The fraction of sp³-hybridized carbons (Fsp3) is 0.654. The molecule has 0 aromatic heterocycles. The molecule has 31 heavy (non-hydrogen) atoms. The molecule has 2 aliphatic heterocycles. The van der Waals surface area contributed by atoms with Crippen molar-refractivity contribution in [1.29, 1.82) is 0 Å². The second kappa shape index (κ2) is 10.2. The monoisotopic (exact) mass is 423 g/mol. The minimum absolute atomic E-state index is 0.150. The lowest BCUT2D eigenvalue weighted by Gasteiger charge is -2.57. The van der Waals surface area contributed by atoms with Crippen LogP contribution in [0.4, 0.5) is 0 Å². The number of carbonyl (C=O) groups is 1. The molecule has 1 amide bonds. The van der Waals surface area contributed by atoms with E-state index in [-0.39, 0.29) is 24.5 Å². The minimum atomic E-state index is 0.150. The number of hydrogen-bond acceptors (Lipinski definition) is 4. The Morgan fingerprint density at radius 2 is 1.81 bits per heavy atom. The molecule has 0 bridgehead atoms. The first kappa shape index (κ1) is 22.3. The molecule has 3 atom stereocenters. The molecule has 0 unspecified atom stereocenters. The van der Waals surface area contributed by atoms with Crippen LogP contribution in [0, 0.1) is 17.8 Å². The summed E-state index contributed by atoms with van der Waals surface area (Å²) in [5.74, 6) is 7.29. The molecular weight excluding hydrogens is 386 g/mol. The van der Waals surface area contributed by atoms with Crippen LogP contribution in [0.1, 0.15) is 55.6 Å². The van der Waals surface area contributed by atoms with Gasteiger partial charge in [-0.15, -0.1) is 0 Å². The molecule has 168 valence electrons. The highest BCUT2D eigenvalue weighted by atomic mass is 16.3. The van der Waals surface area contributed by atoms with E-state index in [2.05, 4.69) is 50.8 Å². The molecular formula is C26H37N3O2. The van der Waals surface area contributed by atoms with Gasteiger partial charge in [-0.3, -0.25) is 14.6 Å². The van der Waals surface area contributed by atoms with Gasteiger partial charge in [-0.25, -0.2) is 0 Å². The zero-order valence-electron chi connectivity index (χ0n) is 19.1. The topological polar surface area (TPSA) is 47.0 Å². The highest BCUT2D eigenvalue weighted by Gasteiger charge is 2.49. The fourth-order valence-electron chi connectivity index (χ4n) is 5.66. The fourth-order valence-corrected chi connectivity index (χ4v) is 5.66. The second-order valence-electron chi connectivity index (χ2n) is 9.72. The van der Waals surface area contributed by atoms with Gasteiger partial charge >= 0.3 is 0 Å². The summed E-state index contributed by atoms with van der Waals surface area (Å²) in [6, 6.07) is 8.99. The van der Waals surface area contributed by atoms with Crippen LogP contribution in [-0.4, -0.2) is 84.7 Å². The summed E-state index contributed by atoms with van der Waals surface area (Å²) < 4.78 is 0. The van der Waals surface area contributed by atoms with Crippen LogP contribution in [-0.2, 0) is 4.79 Å². The number of amides is 1. The molecule has 0 radical (unpaired) electrons. The van der Waals surface area contributed by atoms with Crippen molar-refractivity contribution in [3.63, 3.8) is 0 Å². The summed E-state index contributed by atoms with van der Waals surface area (Å²) >= 11 is 0. The van der Waals surface area contributed by atoms with Gasteiger partial charge in [0, 0.05) is 42.6 Å². The SMILES string of the molecule is CN(C)CC#Cc1ccc([C@@H]2[C@@H](CO)N3CCCCN(C(=O)C4CCCC4)C[C@@H]23)cc1. The zero-order chi connectivity index (χ0) is 21.8. The molecule has 2 saturated heterocycles. The molecule has 4 rings (SSSR count). The lowest BCUT2D eigenvalue weighted by atomic mass is 9.74. The number of benzene rings is 1. The minimum Gasteiger partial charge on any atom is -0.395 e. The predicted molar refractivity (Wildman–Crippen MR) is 124 cm³/mol. The Morgan fingerprint density at radius 3 is 2.48 bits per heavy atom. The summed E-state index contributed by atoms with van der Waals surface area (Å²) in [6.45, 7) is 3.62. The first-order valence-electron chi connectivity index (χ1n) is 12.0. The maximum absolute atomic E-state index is 13.2. The van der Waals surface area contributed by atoms with Gasteiger partial charge in [0.05, 0.1) is 13.2 Å². The standard InChI is InChI=1S/C26H37N3O2/c1-27(2)15-7-8-20-11-13-21(14-12-20)25-23-18-28(26(31)22-9-3-4-10-22)16-5-6-17-29(23)24(25)19-30/h11-14,22-25,30H,3-6,9-10,15-19H2,1-2H3/t23-,24+,25-/m0/s1. The average molecular weight is 424 g/mol. The van der Waals surface area contributed by atoms with Crippen molar-refractivity contribution in [2.45, 2.75) is 56.5 Å². The van der Waals surface area contributed by atoms with Crippen molar-refractivity contribution < 1.29 is 9.90 Å². The second-order valence-corrected chi connectivity index (χ2v) is 9.72. The number of nitrogens with zero attached hydrogens (tertiary/aromatic N) is 3. The Hall–Kier alpha value is -1.87. The number of aliphatic hydroxyl groups is 1. The maximum atomic E-state index is 13.2. The van der Waals surface area contributed by atoms with Crippen molar-refractivity contribution in [1.82, 2.24) is 14.7 Å². The Labute approximate surface area is 187 Å². The molecule has 5 heteroatoms. The van der Waals surface area contributed by atoms with E-state index in [0.29, 0.717) is 11.9 Å². The van der Waals surface area contributed by atoms with Gasteiger partial charge < -0.3 is 10.0 Å². The molecule has 1 aromatic rings. The van der Waals surface area contributed by atoms with Crippen LogP contribution < -0.4 is 0 Å². The van der Waals surface area contributed by atoms with Gasteiger partial charge in [-0.2, -0.15) is 0 Å². The van der Waals surface area contributed by atoms with E-state index in [1.807, 2.05) is 14.1 Å². The van der Waals surface area contributed by atoms with E-state index in [4.69, 9.17) is 0 Å². The lowest BCUT2D eigenvalue weighted by Crippen LogP contribution is -2.68. The van der Waals surface area contributed by atoms with E-state index in [0.717, 1.165) is 57.4 Å². The Balaban J connectivity index is 1.49. The summed E-state index contributed by atoms with van der Waals surface area (Å²) in [4.78, 5) is 19.8. The molecule has 2 heterocycles. The molecule has 1 aromatic carbocycles. The van der Waals surface area contributed by atoms with E-state index < -0.39 is 0 Å². The van der Waals surface area contributed by atoms with Gasteiger partial charge in [-0.05, 0) is 64.0 Å². The molecule has 1 aliphatic carbocycles. The van der Waals surface area contributed by atoms with Gasteiger partial charge in [0.2, 0.25) is 5.91 Å². The van der Waals surface area contributed by atoms with E-state index in [1.165, 1.54) is 18.4 Å². The lowest BCUT2D eigenvalue weighted by molar-refractivity contribution is -0.140. The molecule has 0 spiro atoms. The van der Waals surface area contributed by atoms with Crippen LogP contribution in [0.15, 0.2) is 24.3 Å². The van der Waals surface area contributed by atoms with Crippen LogP contribution in [0.25, 0.3) is 0 Å². The number of rotatable bonds is 4. The van der Waals surface area contributed by atoms with Crippen molar-refractivity contribution in [3.05, 3.63) is 35.4 Å². The van der Waals surface area contributed by atoms with E-state index in [9.17, 15) is 9.90 Å². The van der Waals surface area contributed by atoms with Crippen LogP contribution in [0.2, 0.25) is 0 Å². The quantitative estimate of drug-likeness (QED) is 0.756. The maximum Gasteiger partial charge on any atom is 0.225 e. The largest absolute Gasteiger partial charge is 0.395 e. The van der Waals surface area contributed by atoms with Crippen LogP contribution in [0.5, 0.6) is 0 Å². The molecule has 5 nitrogen and oxygen atoms in total. The number of carbonyl (C=O) groups excluding carboxylic acids is 1. The highest BCUT2D eigenvalue weighted by molar-refractivity contribution is 5.79. The summed E-state index contributed by atoms with van der Waals surface area (Å²) in [5, 5.41) is 10.1. The predicted octanol–water partition coefficient (Wildman–Crippen LogP) is 2.54. The first-order chi connectivity index (χ1) is 15.1. The Kier molecular flexibility index (Phi) is 7.32. The normalized spacial score (nSPS) is 27.1. The summed E-state index contributed by atoms with van der Waals surface area (Å²) in [6.07, 6.45) is 6.66. The highest BCUT2D eigenvalue weighted by Crippen LogP contribution is 2.42. The number of fused-ring (bicyclic) bond motifs is 1. The van der Waals surface area contributed by atoms with Gasteiger partial charge in [0.15, 0.2) is 0 Å². The van der Waals surface area contributed by atoms with Crippen molar-refractivity contribution in [2.75, 3.05) is 46.9 Å². The molecule has 1 saturated carbocycles. The first-order valence-corrected chi connectivity index (χ1v) is 12.0. The van der Waals surface area contributed by atoms with Gasteiger partial charge in [0.1, 0.15) is 0 Å². The van der Waals surface area contributed by atoms with E-state index >= 15 is 0 Å². The molecule has 3 fully saturated rings. The van der Waals surface area contributed by atoms with Gasteiger partial charge in [-0.1, -0.05) is 36.8 Å². The number of aliphatic hydroxyl groups excluding tert-OH is 1. The Bertz CT molecular complexity index is 804. The van der Waals surface area contributed by atoms with Crippen LogP contribution in [0.3, 0.4) is 0 Å². The van der Waals surface area contributed by atoms with Crippen molar-refractivity contribution >= 4 is 5.91 Å².